The van der Waals surface area contributed by atoms with Gasteiger partial charge in [-0.25, -0.2) is 0 Å². The average molecular weight is 318 g/mol. The second-order valence-electron chi connectivity index (χ2n) is 4.79. The maximum Gasteiger partial charge on any atom is 0.0934 e. The highest BCUT2D eigenvalue weighted by Crippen LogP contribution is 2.29. The Labute approximate surface area is 132 Å². The van der Waals surface area contributed by atoms with Crippen LogP contribution in [-0.2, 0) is 6.42 Å². The lowest BCUT2D eigenvalue weighted by Crippen LogP contribution is -2.14. The molecule has 1 heterocycles. The van der Waals surface area contributed by atoms with Crippen molar-refractivity contribution in [2.24, 2.45) is 5.73 Å². The summed E-state index contributed by atoms with van der Waals surface area (Å²) in [5, 5.41) is 1.10. The summed E-state index contributed by atoms with van der Waals surface area (Å²) in [4.78, 5) is 8.68. The molecule has 1 atom stereocenters. The van der Waals surface area contributed by atoms with Gasteiger partial charge in [-0.3, -0.25) is 9.97 Å². The van der Waals surface area contributed by atoms with Crippen molar-refractivity contribution < 1.29 is 0 Å². The second-order valence-corrected chi connectivity index (χ2v) is 5.58. The molecule has 0 saturated carbocycles. The summed E-state index contributed by atoms with van der Waals surface area (Å²) in [5.74, 6) is 0. The fourth-order valence-electron chi connectivity index (χ4n) is 2.37. The van der Waals surface area contributed by atoms with Gasteiger partial charge in [0.25, 0.3) is 0 Å². The highest BCUT2D eigenvalue weighted by molar-refractivity contribution is 6.42. The zero-order valence-corrected chi connectivity index (χ0v) is 12.6. The average Bonchev–Trinajstić information content (AvgIpc) is 2.51. The number of nitrogens with two attached hydrogens (primary N) is 1. The number of para-hydroxylation sites is 1. The topological polar surface area (TPSA) is 51.8 Å². The summed E-state index contributed by atoms with van der Waals surface area (Å²) < 4.78 is 0. The van der Waals surface area contributed by atoms with Gasteiger partial charge in [0.15, 0.2) is 0 Å². The normalized spacial score (nSPS) is 12.5. The van der Waals surface area contributed by atoms with E-state index in [1.807, 2.05) is 30.3 Å². The number of fused-ring (bicyclic) bond motifs is 1. The molecule has 0 aliphatic carbocycles. The van der Waals surface area contributed by atoms with E-state index >= 15 is 0 Å². The first-order valence-corrected chi connectivity index (χ1v) is 7.30. The zero-order valence-electron chi connectivity index (χ0n) is 11.1. The van der Waals surface area contributed by atoms with Crippen molar-refractivity contribution >= 4 is 34.2 Å². The fraction of sp³-hybridized carbons (Fsp3) is 0.125. The van der Waals surface area contributed by atoms with E-state index in [0.29, 0.717) is 16.5 Å². The summed E-state index contributed by atoms with van der Waals surface area (Å²) in [6.07, 6.45) is 3.94. The summed E-state index contributed by atoms with van der Waals surface area (Å²) >= 11 is 12.3. The van der Waals surface area contributed by atoms with Crippen LogP contribution in [-0.4, -0.2) is 9.97 Å². The van der Waals surface area contributed by atoms with Crippen molar-refractivity contribution in [1.82, 2.24) is 9.97 Å². The third kappa shape index (κ3) is 2.86. The molecule has 2 aromatic carbocycles. The van der Waals surface area contributed by atoms with E-state index in [4.69, 9.17) is 28.9 Å². The third-order valence-corrected chi connectivity index (χ3v) is 4.26. The predicted octanol–water partition coefficient (Wildman–Crippen LogP) is 4.18. The number of hydrogen-bond acceptors (Lipinski definition) is 3. The summed E-state index contributed by atoms with van der Waals surface area (Å²) in [6.45, 7) is 0. The van der Waals surface area contributed by atoms with E-state index in [0.717, 1.165) is 22.2 Å². The summed E-state index contributed by atoms with van der Waals surface area (Å²) in [7, 11) is 0. The quantitative estimate of drug-likeness (QED) is 0.788. The Kier molecular flexibility index (Phi) is 4.06. The molecule has 3 nitrogen and oxygen atoms in total. The van der Waals surface area contributed by atoms with Crippen LogP contribution in [0.15, 0.2) is 48.8 Å². The SMILES string of the molecule is NC(Cc1cccc(Cl)c1Cl)c1cccc2nccnc12. The number of rotatable bonds is 3. The molecule has 2 N–H and O–H groups in total. The van der Waals surface area contributed by atoms with Gasteiger partial charge >= 0.3 is 0 Å². The number of hydrogen-bond donors (Lipinski definition) is 1. The minimum atomic E-state index is -0.221. The van der Waals surface area contributed by atoms with Gasteiger partial charge in [0.05, 0.1) is 21.1 Å². The molecule has 0 spiro atoms. The lowest BCUT2D eigenvalue weighted by molar-refractivity contribution is 0.726. The minimum absolute atomic E-state index is 0.221. The molecule has 106 valence electrons. The Morgan fingerprint density at radius 3 is 2.62 bits per heavy atom. The monoisotopic (exact) mass is 317 g/mol. The van der Waals surface area contributed by atoms with Crippen molar-refractivity contribution in [1.29, 1.82) is 0 Å². The van der Waals surface area contributed by atoms with Crippen molar-refractivity contribution in [3.8, 4) is 0 Å². The first-order chi connectivity index (χ1) is 10.2. The molecular weight excluding hydrogens is 305 g/mol. The van der Waals surface area contributed by atoms with Gasteiger partial charge in [0.1, 0.15) is 0 Å². The molecule has 3 rings (SSSR count). The molecule has 0 amide bonds. The molecule has 0 bridgehead atoms. The van der Waals surface area contributed by atoms with Gasteiger partial charge in [-0.05, 0) is 29.7 Å². The molecule has 1 aromatic heterocycles. The van der Waals surface area contributed by atoms with Crippen molar-refractivity contribution in [2.45, 2.75) is 12.5 Å². The van der Waals surface area contributed by atoms with E-state index in [2.05, 4.69) is 9.97 Å². The van der Waals surface area contributed by atoms with Crippen molar-refractivity contribution in [2.75, 3.05) is 0 Å². The Morgan fingerprint density at radius 2 is 1.76 bits per heavy atom. The van der Waals surface area contributed by atoms with Gasteiger partial charge in [0.2, 0.25) is 0 Å². The van der Waals surface area contributed by atoms with Crippen LogP contribution in [0.1, 0.15) is 17.2 Å². The molecule has 3 aromatic rings. The number of aromatic nitrogens is 2. The van der Waals surface area contributed by atoms with Gasteiger partial charge in [-0.1, -0.05) is 47.5 Å². The van der Waals surface area contributed by atoms with Crippen molar-refractivity contribution in [3.05, 3.63) is 70.0 Å². The summed E-state index contributed by atoms with van der Waals surface area (Å²) in [5.41, 5.74) is 9.89. The van der Waals surface area contributed by atoms with E-state index in [1.54, 1.807) is 18.5 Å². The number of benzene rings is 2. The first kappa shape index (κ1) is 14.3. The highest BCUT2D eigenvalue weighted by atomic mass is 35.5. The third-order valence-electron chi connectivity index (χ3n) is 3.40. The van der Waals surface area contributed by atoms with Gasteiger partial charge in [-0.2, -0.15) is 0 Å². The molecule has 0 saturated heterocycles. The first-order valence-electron chi connectivity index (χ1n) is 6.55. The molecule has 5 heteroatoms. The molecule has 21 heavy (non-hydrogen) atoms. The largest absolute Gasteiger partial charge is 0.324 e. The number of nitrogens with zero attached hydrogens (tertiary/aromatic N) is 2. The smallest absolute Gasteiger partial charge is 0.0934 e. The van der Waals surface area contributed by atoms with E-state index in [9.17, 15) is 0 Å². The minimum Gasteiger partial charge on any atom is -0.324 e. The Balaban J connectivity index is 1.97. The van der Waals surface area contributed by atoms with Crippen LogP contribution in [0.3, 0.4) is 0 Å². The van der Waals surface area contributed by atoms with Crippen molar-refractivity contribution in [3.63, 3.8) is 0 Å². The van der Waals surface area contributed by atoms with Gasteiger partial charge in [-0.15, -0.1) is 0 Å². The second kappa shape index (κ2) is 5.98. The summed E-state index contributed by atoms with van der Waals surface area (Å²) in [6, 6.07) is 11.2. The maximum atomic E-state index is 6.34. The van der Waals surface area contributed by atoms with E-state index in [-0.39, 0.29) is 6.04 Å². The Morgan fingerprint density at radius 1 is 1.00 bits per heavy atom. The van der Waals surface area contributed by atoms with E-state index < -0.39 is 0 Å². The van der Waals surface area contributed by atoms with Crippen LogP contribution in [0, 0.1) is 0 Å². The number of halogens is 2. The molecule has 0 aliphatic heterocycles. The molecule has 0 radical (unpaired) electrons. The van der Waals surface area contributed by atoms with Crippen LogP contribution < -0.4 is 5.73 Å². The Bertz CT molecular complexity index is 784. The fourth-order valence-corrected chi connectivity index (χ4v) is 2.76. The molecular formula is C16H13Cl2N3. The van der Waals surface area contributed by atoms with Crippen LogP contribution in [0.25, 0.3) is 11.0 Å². The van der Waals surface area contributed by atoms with Gasteiger partial charge < -0.3 is 5.73 Å². The molecule has 1 unspecified atom stereocenters. The predicted molar refractivity (Wildman–Crippen MR) is 86.6 cm³/mol. The molecule has 0 aliphatic rings. The lowest BCUT2D eigenvalue weighted by Gasteiger charge is -2.15. The maximum absolute atomic E-state index is 6.34. The standard InChI is InChI=1S/C16H13Cl2N3/c17-12-5-1-3-10(15(12)18)9-13(19)11-4-2-6-14-16(11)21-8-7-20-14/h1-8,13H,9,19H2. The van der Waals surface area contributed by atoms with Gasteiger partial charge in [0, 0.05) is 18.4 Å². The van der Waals surface area contributed by atoms with Crippen LogP contribution in [0.4, 0.5) is 0 Å². The lowest BCUT2D eigenvalue weighted by atomic mass is 9.98. The van der Waals surface area contributed by atoms with Crippen LogP contribution in [0.5, 0.6) is 0 Å². The Hall–Kier alpha value is -1.68. The highest BCUT2D eigenvalue weighted by Gasteiger charge is 2.14. The van der Waals surface area contributed by atoms with Crippen LogP contribution in [0.2, 0.25) is 10.0 Å². The van der Waals surface area contributed by atoms with Crippen LogP contribution >= 0.6 is 23.2 Å². The zero-order chi connectivity index (χ0) is 14.8. The molecule has 0 fully saturated rings. The van der Waals surface area contributed by atoms with E-state index in [1.165, 1.54) is 0 Å².